The van der Waals surface area contributed by atoms with E-state index in [-0.39, 0.29) is 0 Å². The molecule has 0 N–H and O–H groups in total. The molecule has 0 bridgehead atoms. The van der Waals surface area contributed by atoms with Gasteiger partial charge in [0.1, 0.15) is 13.0 Å². The normalized spacial score (nSPS) is 13.9. The molecule has 3 nitrogen and oxygen atoms in total. The second-order valence-electron chi connectivity index (χ2n) is 5.41. The van der Waals surface area contributed by atoms with Crippen LogP contribution < -0.4 is 5.01 Å². The first-order chi connectivity index (χ1) is 11.1. The summed E-state index contributed by atoms with van der Waals surface area (Å²) in [7, 11) is 0. The Morgan fingerprint density at radius 1 is 0.957 bits per heavy atom. The van der Waals surface area contributed by atoms with Crippen LogP contribution in [-0.2, 0) is 6.42 Å². The van der Waals surface area contributed by atoms with E-state index in [2.05, 4.69) is 22.1 Å². The van der Waals surface area contributed by atoms with E-state index in [1.165, 1.54) is 5.56 Å². The Balaban J connectivity index is 1.50. The lowest BCUT2D eigenvalue weighted by molar-refractivity contribution is 0.445. The molecule has 120 valence electrons. The first-order valence-corrected chi connectivity index (χ1v) is 8.50. The second-order valence-corrected chi connectivity index (χ2v) is 6.69. The predicted octanol–water partition coefficient (Wildman–Crippen LogP) is 5.30. The van der Waals surface area contributed by atoms with Crippen molar-refractivity contribution in [3.8, 4) is 0 Å². The summed E-state index contributed by atoms with van der Waals surface area (Å²) in [5.74, 6) is 0. The van der Waals surface area contributed by atoms with E-state index in [0.29, 0.717) is 16.7 Å². The van der Waals surface area contributed by atoms with Crippen LogP contribution in [0.3, 0.4) is 0 Å². The summed E-state index contributed by atoms with van der Waals surface area (Å²) in [6.07, 6.45) is 3.92. The van der Waals surface area contributed by atoms with Gasteiger partial charge in [-0.15, -0.1) is 0 Å². The van der Waals surface area contributed by atoms with Crippen LogP contribution in [0.2, 0.25) is 15.1 Å². The van der Waals surface area contributed by atoms with Crippen molar-refractivity contribution in [3.63, 3.8) is 0 Å². The van der Waals surface area contributed by atoms with Crippen molar-refractivity contribution in [1.82, 2.24) is 4.90 Å². The summed E-state index contributed by atoms with van der Waals surface area (Å²) < 4.78 is 0. The molecule has 3 rings (SSSR count). The average molecular weight is 369 g/mol. The summed E-state index contributed by atoms with van der Waals surface area (Å²) in [5.41, 5.74) is 2.16. The number of hydrazone groups is 1. The highest BCUT2D eigenvalue weighted by molar-refractivity contribution is 6.36. The molecular formula is C17H16Cl3N3. The molecule has 1 heterocycles. The number of aryl methyl sites for hydroxylation is 1. The van der Waals surface area contributed by atoms with Gasteiger partial charge >= 0.3 is 0 Å². The van der Waals surface area contributed by atoms with Crippen molar-refractivity contribution in [2.24, 2.45) is 5.10 Å². The van der Waals surface area contributed by atoms with Crippen molar-refractivity contribution < 1.29 is 0 Å². The van der Waals surface area contributed by atoms with Crippen LogP contribution in [0.25, 0.3) is 0 Å². The molecule has 0 atom stereocenters. The lowest BCUT2D eigenvalue weighted by Crippen LogP contribution is -2.27. The molecule has 0 fully saturated rings. The van der Waals surface area contributed by atoms with Gasteiger partial charge in [-0.1, -0.05) is 46.9 Å². The quantitative estimate of drug-likeness (QED) is 0.713. The molecule has 0 saturated heterocycles. The van der Waals surface area contributed by atoms with Gasteiger partial charge in [-0.3, -0.25) is 0 Å². The minimum Gasteiger partial charge on any atom is -0.342 e. The predicted molar refractivity (Wildman–Crippen MR) is 98.8 cm³/mol. The van der Waals surface area contributed by atoms with Crippen molar-refractivity contribution >= 4 is 46.8 Å². The zero-order chi connectivity index (χ0) is 16.2. The fourth-order valence-corrected chi connectivity index (χ4v) is 3.11. The highest BCUT2D eigenvalue weighted by Crippen LogP contribution is 2.30. The molecule has 0 radical (unpaired) electrons. The number of nitrogens with zero attached hydrogens (tertiary/aromatic N) is 3. The van der Waals surface area contributed by atoms with E-state index < -0.39 is 0 Å². The maximum absolute atomic E-state index is 6.23. The van der Waals surface area contributed by atoms with Crippen LogP contribution in [0, 0.1) is 0 Å². The molecule has 1 aliphatic heterocycles. The van der Waals surface area contributed by atoms with Crippen molar-refractivity contribution in [1.29, 1.82) is 0 Å². The molecule has 0 saturated carbocycles. The third kappa shape index (κ3) is 4.31. The van der Waals surface area contributed by atoms with E-state index in [1.54, 1.807) is 6.07 Å². The average Bonchev–Trinajstić information content (AvgIpc) is 2.98. The van der Waals surface area contributed by atoms with E-state index in [4.69, 9.17) is 34.8 Å². The highest BCUT2D eigenvalue weighted by Gasteiger charge is 2.17. The topological polar surface area (TPSA) is 18.8 Å². The molecular weight excluding hydrogens is 353 g/mol. The van der Waals surface area contributed by atoms with E-state index in [9.17, 15) is 0 Å². The van der Waals surface area contributed by atoms with Crippen LogP contribution in [0.4, 0.5) is 5.69 Å². The van der Waals surface area contributed by atoms with Gasteiger partial charge in [-0.05, 0) is 48.7 Å². The SMILES string of the molecule is Clc1ccc(CCCN2C=NN(c3ccc(Cl)cc3Cl)C2)cc1. The first-order valence-electron chi connectivity index (χ1n) is 7.37. The summed E-state index contributed by atoms with van der Waals surface area (Å²) in [4.78, 5) is 2.17. The lowest BCUT2D eigenvalue weighted by Gasteiger charge is -2.20. The lowest BCUT2D eigenvalue weighted by atomic mass is 10.1. The first kappa shape index (κ1) is 16.4. The minimum atomic E-state index is 0.609. The van der Waals surface area contributed by atoms with Crippen LogP contribution >= 0.6 is 34.8 Å². The smallest absolute Gasteiger partial charge is 0.113 e. The largest absolute Gasteiger partial charge is 0.342 e. The Bertz CT molecular complexity index is 701. The molecule has 0 amide bonds. The van der Waals surface area contributed by atoms with E-state index >= 15 is 0 Å². The van der Waals surface area contributed by atoms with Crippen LogP contribution in [0.15, 0.2) is 47.6 Å². The fraction of sp³-hybridized carbons (Fsp3) is 0.235. The number of hydrogen-bond donors (Lipinski definition) is 0. The van der Waals surface area contributed by atoms with Gasteiger partial charge in [0, 0.05) is 16.6 Å². The molecule has 0 spiro atoms. The van der Waals surface area contributed by atoms with Gasteiger partial charge in [-0.25, -0.2) is 5.01 Å². The Morgan fingerprint density at radius 2 is 1.70 bits per heavy atom. The van der Waals surface area contributed by atoms with Gasteiger partial charge in [0.2, 0.25) is 0 Å². The summed E-state index contributed by atoms with van der Waals surface area (Å²) >= 11 is 18.0. The van der Waals surface area contributed by atoms with Gasteiger partial charge in [0.15, 0.2) is 0 Å². The second kappa shape index (κ2) is 7.43. The van der Waals surface area contributed by atoms with Crippen LogP contribution in [0.5, 0.6) is 0 Å². The highest BCUT2D eigenvalue weighted by atomic mass is 35.5. The van der Waals surface area contributed by atoms with Crippen LogP contribution in [0.1, 0.15) is 12.0 Å². The van der Waals surface area contributed by atoms with Crippen molar-refractivity contribution in [2.75, 3.05) is 18.2 Å². The standard InChI is InChI=1S/C17H16Cl3N3/c18-14-5-3-13(4-6-14)2-1-9-22-11-21-23(12-22)17-8-7-15(19)10-16(17)20/h3-8,10-11H,1-2,9,12H2. The third-order valence-corrected chi connectivity index (χ3v) is 4.47. The number of hydrogen-bond acceptors (Lipinski definition) is 3. The van der Waals surface area contributed by atoms with Crippen LogP contribution in [-0.4, -0.2) is 24.5 Å². The van der Waals surface area contributed by atoms with Gasteiger partial charge in [0.25, 0.3) is 0 Å². The Hall–Kier alpha value is -1.42. The molecule has 6 heteroatoms. The maximum atomic E-state index is 6.23. The Labute approximate surface area is 151 Å². The molecule has 0 aliphatic carbocycles. The summed E-state index contributed by atoms with van der Waals surface area (Å²) in [6.45, 7) is 1.63. The number of benzene rings is 2. The monoisotopic (exact) mass is 367 g/mol. The molecule has 23 heavy (non-hydrogen) atoms. The summed E-state index contributed by atoms with van der Waals surface area (Å²) in [6, 6.07) is 13.4. The number of anilines is 1. The zero-order valence-electron chi connectivity index (χ0n) is 12.4. The van der Waals surface area contributed by atoms with Crippen molar-refractivity contribution in [2.45, 2.75) is 12.8 Å². The Kier molecular flexibility index (Phi) is 5.31. The van der Waals surface area contributed by atoms with Gasteiger partial charge in [-0.2, -0.15) is 5.10 Å². The van der Waals surface area contributed by atoms with Gasteiger partial charge in [0.05, 0.1) is 10.7 Å². The van der Waals surface area contributed by atoms with Gasteiger partial charge < -0.3 is 4.90 Å². The fourth-order valence-electron chi connectivity index (χ4n) is 2.48. The van der Waals surface area contributed by atoms with E-state index in [0.717, 1.165) is 30.1 Å². The Morgan fingerprint density at radius 3 is 2.43 bits per heavy atom. The number of rotatable bonds is 5. The van der Waals surface area contributed by atoms with Crippen molar-refractivity contribution in [3.05, 3.63) is 63.1 Å². The molecule has 0 aromatic heterocycles. The molecule has 2 aromatic rings. The third-order valence-electron chi connectivity index (χ3n) is 3.68. The zero-order valence-corrected chi connectivity index (χ0v) is 14.7. The minimum absolute atomic E-state index is 0.609. The molecule has 0 unspecified atom stereocenters. The maximum Gasteiger partial charge on any atom is 0.113 e. The number of halogens is 3. The molecule has 2 aromatic carbocycles. The molecule has 1 aliphatic rings. The summed E-state index contributed by atoms with van der Waals surface area (Å²) in [5, 5.41) is 8.29. The van der Waals surface area contributed by atoms with E-state index in [1.807, 2.05) is 35.6 Å².